The van der Waals surface area contributed by atoms with Crippen LogP contribution in [0.4, 0.5) is 0 Å². The Kier molecular flexibility index (Phi) is 4.17. The molecule has 1 spiro atoms. The summed E-state index contributed by atoms with van der Waals surface area (Å²) in [6, 6.07) is 0. The number of carbonyl (C=O) groups is 3. The summed E-state index contributed by atoms with van der Waals surface area (Å²) in [5, 5.41) is 0. The first-order valence-electron chi connectivity index (χ1n) is 10.0. The Labute approximate surface area is 165 Å². The van der Waals surface area contributed by atoms with Crippen molar-refractivity contribution < 1.29 is 28.6 Å². The number of ether oxygens (including phenoxy) is 3. The van der Waals surface area contributed by atoms with Gasteiger partial charge in [0.1, 0.15) is 11.7 Å². The van der Waals surface area contributed by atoms with E-state index in [0.29, 0.717) is 19.3 Å². The van der Waals surface area contributed by atoms with Crippen molar-refractivity contribution in [3.63, 3.8) is 0 Å². The average molecular weight is 388 g/mol. The first-order valence-corrected chi connectivity index (χ1v) is 10.0. The van der Waals surface area contributed by atoms with Gasteiger partial charge in [-0.05, 0) is 51.2 Å². The average Bonchev–Trinajstić information content (AvgIpc) is 3.18. The number of ketones is 1. The summed E-state index contributed by atoms with van der Waals surface area (Å²) >= 11 is 0. The van der Waals surface area contributed by atoms with E-state index in [0.717, 1.165) is 5.57 Å². The Morgan fingerprint density at radius 1 is 1.29 bits per heavy atom. The van der Waals surface area contributed by atoms with Gasteiger partial charge in [0.15, 0.2) is 17.5 Å². The Morgan fingerprint density at radius 2 is 2.00 bits per heavy atom. The molecule has 4 rings (SSSR count). The minimum atomic E-state index is -0.977. The molecule has 2 aliphatic carbocycles. The third-order valence-electron chi connectivity index (χ3n) is 7.46. The third-order valence-corrected chi connectivity index (χ3v) is 7.46. The molecular formula is C22H28O6. The lowest BCUT2D eigenvalue weighted by atomic mass is 9.59. The van der Waals surface area contributed by atoms with Gasteiger partial charge < -0.3 is 14.2 Å². The van der Waals surface area contributed by atoms with Gasteiger partial charge in [0.2, 0.25) is 0 Å². The van der Waals surface area contributed by atoms with Gasteiger partial charge in [-0.3, -0.25) is 9.59 Å². The van der Waals surface area contributed by atoms with Gasteiger partial charge in [-0.2, -0.15) is 0 Å². The summed E-state index contributed by atoms with van der Waals surface area (Å²) in [5.74, 6) is -1.03. The second-order valence-corrected chi connectivity index (χ2v) is 9.20. The SMILES string of the molecule is CC(=O)O[C@H]1CC/C(C)=C/[C@@H]2OC(=O)[C@@]3(C)O[C@@]23C[C@H]2[C@@H](C)C(=O)C=C[C@]12C. The molecule has 28 heavy (non-hydrogen) atoms. The van der Waals surface area contributed by atoms with Crippen LogP contribution in [0.2, 0.25) is 0 Å². The lowest BCUT2D eigenvalue weighted by molar-refractivity contribution is -0.158. The molecule has 0 aromatic rings. The van der Waals surface area contributed by atoms with E-state index < -0.39 is 22.7 Å². The van der Waals surface area contributed by atoms with Gasteiger partial charge in [-0.25, -0.2) is 4.79 Å². The van der Waals surface area contributed by atoms with E-state index in [1.54, 1.807) is 13.0 Å². The van der Waals surface area contributed by atoms with Crippen LogP contribution in [-0.2, 0) is 28.6 Å². The first kappa shape index (κ1) is 19.4. The van der Waals surface area contributed by atoms with E-state index in [-0.39, 0.29) is 35.7 Å². The van der Waals surface area contributed by atoms with Crippen LogP contribution in [0.25, 0.3) is 0 Å². The van der Waals surface area contributed by atoms with Crippen molar-refractivity contribution in [2.24, 2.45) is 17.3 Å². The molecule has 0 aromatic heterocycles. The molecule has 152 valence electrons. The molecule has 0 N–H and O–H groups in total. The molecule has 2 fully saturated rings. The Balaban J connectivity index is 1.82. The van der Waals surface area contributed by atoms with Crippen molar-refractivity contribution in [3.8, 4) is 0 Å². The van der Waals surface area contributed by atoms with Crippen LogP contribution < -0.4 is 0 Å². The number of carbonyl (C=O) groups excluding carboxylic acids is 3. The van der Waals surface area contributed by atoms with Crippen LogP contribution >= 0.6 is 0 Å². The zero-order valence-corrected chi connectivity index (χ0v) is 17.1. The van der Waals surface area contributed by atoms with Gasteiger partial charge in [0.25, 0.3) is 0 Å². The van der Waals surface area contributed by atoms with Crippen molar-refractivity contribution >= 4 is 17.7 Å². The second-order valence-electron chi connectivity index (χ2n) is 9.20. The van der Waals surface area contributed by atoms with Crippen LogP contribution in [0.3, 0.4) is 0 Å². The molecular weight excluding hydrogens is 360 g/mol. The van der Waals surface area contributed by atoms with E-state index in [9.17, 15) is 14.4 Å². The predicted octanol–water partition coefficient (Wildman–Crippen LogP) is 2.90. The molecule has 0 radical (unpaired) electrons. The number of allylic oxidation sites excluding steroid dienone is 2. The highest BCUT2D eigenvalue weighted by molar-refractivity contribution is 5.93. The number of epoxide rings is 1. The molecule has 0 saturated carbocycles. The fraction of sp³-hybridized carbons (Fsp3) is 0.682. The van der Waals surface area contributed by atoms with Crippen molar-refractivity contribution in [2.75, 3.05) is 0 Å². The number of rotatable bonds is 1. The zero-order valence-electron chi connectivity index (χ0n) is 17.1. The highest BCUT2D eigenvalue weighted by Crippen LogP contribution is 2.63. The minimum absolute atomic E-state index is 0.0494. The third kappa shape index (κ3) is 2.53. The summed E-state index contributed by atoms with van der Waals surface area (Å²) in [5.41, 5.74) is -1.21. The normalized spacial score (nSPS) is 49.1. The smallest absolute Gasteiger partial charge is 0.342 e. The molecule has 2 aliphatic heterocycles. The summed E-state index contributed by atoms with van der Waals surface area (Å²) in [7, 11) is 0. The number of esters is 2. The summed E-state index contributed by atoms with van der Waals surface area (Å²) in [4.78, 5) is 36.8. The van der Waals surface area contributed by atoms with Crippen molar-refractivity contribution in [3.05, 3.63) is 23.8 Å². The number of hydrogen-bond donors (Lipinski definition) is 0. The largest absolute Gasteiger partial charge is 0.462 e. The zero-order chi connectivity index (χ0) is 20.5. The molecule has 2 saturated heterocycles. The second kappa shape index (κ2) is 6.02. The van der Waals surface area contributed by atoms with Crippen LogP contribution in [0.5, 0.6) is 0 Å². The van der Waals surface area contributed by atoms with Crippen LogP contribution in [0.1, 0.15) is 53.9 Å². The molecule has 0 unspecified atom stereocenters. The maximum absolute atomic E-state index is 12.5. The van der Waals surface area contributed by atoms with Crippen molar-refractivity contribution in [1.29, 1.82) is 0 Å². The van der Waals surface area contributed by atoms with Gasteiger partial charge >= 0.3 is 11.9 Å². The van der Waals surface area contributed by atoms with Crippen molar-refractivity contribution in [1.82, 2.24) is 0 Å². The lowest BCUT2D eigenvalue weighted by Gasteiger charge is -2.46. The first-order chi connectivity index (χ1) is 13.0. The Bertz CT molecular complexity index is 812. The van der Waals surface area contributed by atoms with E-state index in [2.05, 4.69) is 0 Å². The molecule has 2 heterocycles. The molecule has 0 amide bonds. The summed E-state index contributed by atoms with van der Waals surface area (Å²) < 4.78 is 17.5. The molecule has 7 atom stereocenters. The summed E-state index contributed by atoms with van der Waals surface area (Å²) in [6.45, 7) is 9.15. The van der Waals surface area contributed by atoms with E-state index in [4.69, 9.17) is 14.2 Å². The molecule has 6 heteroatoms. The molecule has 6 nitrogen and oxygen atoms in total. The maximum Gasteiger partial charge on any atom is 0.342 e. The van der Waals surface area contributed by atoms with Gasteiger partial charge in [-0.15, -0.1) is 0 Å². The standard InChI is InChI=1S/C22H28O6/c1-12-6-7-17(26-14(3)23)20(4)9-8-16(24)13(2)15(20)11-22-18(10-12)27-19(25)21(22,5)28-22/h8-10,13,15,17-18H,6-7,11H2,1-5H3/b12-10+/t13-,15+,17+,18+,20+,21-,22+/m1/s1. The number of fused-ring (bicyclic) bond motifs is 1. The minimum Gasteiger partial charge on any atom is -0.462 e. The van der Waals surface area contributed by atoms with Crippen LogP contribution in [-0.4, -0.2) is 41.1 Å². The van der Waals surface area contributed by atoms with E-state index in [1.165, 1.54) is 6.92 Å². The molecule has 4 aliphatic rings. The van der Waals surface area contributed by atoms with Crippen LogP contribution in [0.15, 0.2) is 23.8 Å². The molecule has 0 bridgehead atoms. The van der Waals surface area contributed by atoms with Crippen molar-refractivity contribution in [2.45, 2.75) is 77.3 Å². The Morgan fingerprint density at radius 3 is 2.64 bits per heavy atom. The van der Waals surface area contributed by atoms with Gasteiger partial charge in [0, 0.05) is 18.3 Å². The summed E-state index contributed by atoms with van der Waals surface area (Å²) in [6.07, 6.45) is 6.52. The molecule has 0 aromatic carbocycles. The van der Waals surface area contributed by atoms with Crippen LogP contribution in [0, 0.1) is 17.3 Å². The fourth-order valence-electron chi connectivity index (χ4n) is 5.47. The highest BCUT2D eigenvalue weighted by Gasteiger charge is 2.82. The Hall–Kier alpha value is -1.95. The highest BCUT2D eigenvalue weighted by atomic mass is 16.7. The monoisotopic (exact) mass is 388 g/mol. The van der Waals surface area contributed by atoms with E-state index >= 15 is 0 Å². The fourth-order valence-corrected chi connectivity index (χ4v) is 5.47. The van der Waals surface area contributed by atoms with E-state index in [1.807, 2.05) is 32.9 Å². The predicted molar refractivity (Wildman–Crippen MR) is 100 cm³/mol. The lowest BCUT2D eigenvalue weighted by Crippen LogP contribution is -2.50. The maximum atomic E-state index is 12.5. The quantitative estimate of drug-likeness (QED) is 0.390. The number of hydrogen-bond acceptors (Lipinski definition) is 6. The van der Waals surface area contributed by atoms with Gasteiger partial charge in [-0.1, -0.05) is 25.5 Å². The topological polar surface area (TPSA) is 82.2 Å². The van der Waals surface area contributed by atoms with Gasteiger partial charge in [0.05, 0.1) is 0 Å².